The molecule has 3 N–H and O–H groups in total. The second-order valence-electron chi connectivity index (χ2n) is 4.65. The van der Waals surface area contributed by atoms with Crippen LogP contribution in [0.2, 0.25) is 5.02 Å². The minimum Gasteiger partial charge on any atom is -0.388 e. The molecule has 0 spiro atoms. The Hall–Kier alpha value is -0.710. The molecule has 1 fully saturated rings. The summed E-state index contributed by atoms with van der Waals surface area (Å²) in [6.07, 6.45) is 2.17. The van der Waals surface area contributed by atoms with Crippen molar-refractivity contribution < 1.29 is 9.50 Å². The van der Waals surface area contributed by atoms with E-state index in [9.17, 15) is 9.50 Å². The highest BCUT2D eigenvalue weighted by Crippen LogP contribution is 2.37. The molecule has 0 bridgehead atoms. The molecule has 1 heterocycles. The molecule has 5 heteroatoms. The lowest BCUT2D eigenvalue weighted by molar-refractivity contribution is -0.0373. The zero-order valence-electron chi connectivity index (χ0n) is 9.44. The van der Waals surface area contributed by atoms with Gasteiger partial charge in [0.25, 0.3) is 0 Å². The van der Waals surface area contributed by atoms with Gasteiger partial charge in [0.05, 0.1) is 17.3 Å². The largest absolute Gasteiger partial charge is 0.388 e. The molecule has 2 rings (SSSR count). The summed E-state index contributed by atoms with van der Waals surface area (Å²) in [5.41, 5.74) is 5.51. The molecule has 0 radical (unpaired) electrons. The highest BCUT2D eigenvalue weighted by atomic mass is 35.5. The SMILES string of the molecule is NC(c1cc(Cl)ccn1)[C@]1(O)CC[C@H](F)CC1. The summed E-state index contributed by atoms with van der Waals surface area (Å²) < 4.78 is 13.1. The van der Waals surface area contributed by atoms with Crippen molar-refractivity contribution in [1.82, 2.24) is 4.98 Å². The Morgan fingerprint density at radius 1 is 1.53 bits per heavy atom. The van der Waals surface area contributed by atoms with E-state index in [2.05, 4.69) is 4.98 Å². The molecule has 1 saturated carbocycles. The maximum absolute atomic E-state index is 13.1. The van der Waals surface area contributed by atoms with Gasteiger partial charge in [-0.3, -0.25) is 4.98 Å². The Labute approximate surface area is 105 Å². The number of pyridine rings is 1. The molecule has 0 aliphatic heterocycles. The van der Waals surface area contributed by atoms with Crippen molar-refractivity contribution in [2.45, 2.75) is 43.5 Å². The fourth-order valence-electron chi connectivity index (χ4n) is 2.26. The van der Waals surface area contributed by atoms with Crippen LogP contribution in [0.1, 0.15) is 37.4 Å². The normalized spacial score (nSPS) is 31.2. The Bertz CT molecular complexity index is 394. The van der Waals surface area contributed by atoms with Gasteiger partial charge in [-0.15, -0.1) is 0 Å². The summed E-state index contributed by atoms with van der Waals surface area (Å²) >= 11 is 5.86. The number of nitrogens with zero attached hydrogens (tertiary/aromatic N) is 1. The van der Waals surface area contributed by atoms with Crippen molar-refractivity contribution >= 4 is 11.6 Å². The van der Waals surface area contributed by atoms with Crippen LogP contribution in [0, 0.1) is 0 Å². The quantitative estimate of drug-likeness (QED) is 0.856. The Morgan fingerprint density at radius 3 is 2.76 bits per heavy atom. The Balaban J connectivity index is 2.16. The number of aromatic nitrogens is 1. The van der Waals surface area contributed by atoms with E-state index < -0.39 is 17.8 Å². The maximum Gasteiger partial charge on any atom is 0.100 e. The number of alkyl halides is 1. The average Bonchev–Trinajstić information content (AvgIpc) is 2.32. The molecule has 0 amide bonds. The summed E-state index contributed by atoms with van der Waals surface area (Å²) in [5.74, 6) is 0. The first-order valence-electron chi connectivity index (χ1n) is 5.75. The standard InChI is InChI=1S/C12H16ClFN2O/c13-8-3-6-16-10(7-8)11(15)12(17)4-1-9(14)2-5-12/h3,6-7,9,11,17H,1-2,4-5,15H2/t9-,11?,12-. The van der Waals surface area contributed by atoms with E-state index in [1.165, 1.54) is 0 Å². The van der Waals surface area contributed by atoms with Crippen LogP contribution < -0.4 is 5.73 Å². The van der Waals surface area contributed by atoms with Gasteiger partial charge in [0, 0.05) is 11.2 Å². The monoisotopic (exact) mass is 258 g/mol. The van der Waals surface area contributed by atoms with Crippen LogP contribution in [0.15, 0.2) is 18.3 Å². The first-order chi connectivity index (χ1) is 8.01. The van der Waals surface area contributed by atoms with E-state index in [4.69, 9.17) is 17.3 Å². The van der Waals surface area contributed by atoms with Crippen molar-refractivity contribution in [3.8, 4) is 0 Å². The van der Waals surface area contributed by atoms with E-state index in [1.54, 1.807) is 18.3 Å². The van der Waals surface area contributed by atoms with Gasteiger partial charge in [0.2, 0.25) is 0 Å². The van der Waals surface area contributed by atoms with E-state index >= 15 is 0 Å². The second kappa shape index (κ2) is 4.88. The molecule has 1 aromatic rings. The topological polar surface area (TPSA) is 59.1 Å². The molecular weight excluding hydrogens is 243 g/mol. The summed E-state index contributed by atoms with van der Waals surface area (Å²) in [4.78, 5) is 4.12. The molecule has 1 atom stereocenters. The van der Waals surface area contributed by atoms with Crippen LogP contribution in [0.5, 0.6) is 0 Å². The predicted octanol–water partition coefficient (Wildman–Crippen LogP) is 2.38. The smallest absolute Gasteiger partial charge is 0.100 e. The fourth-order valence-corrected chi connectivity index (χ4v) is 2.43. The van der Waals surface area contributed by atoms with Crippen LogP contribution >= 0.6 is 11.6 Å². The average molecular weight is 259 g/mol. The summed E-state index contributed by atoms with van der Waals surface area (Å²) in [5, 5.41) is 11.0. The minimum atomic E-state index is -1.07. The van der Waals surface area contributed by atoms with E-state index in [0.29, 0.717) is 36.4 Å². The molecule has 3 nitrogen and oxygen atoms in total. The van der Waals surface area contributed by atoms with Gasteiger partial charge >= 0.3 is 0 Å². The number of hydrogen-bond acceptors (Lipinski definition) is 3. The molecular formula is C12H16ClFN2O. The molecule has 1 aliphatic carbocycles. The Morgan fingerprint density at radius 2 is 2.18 bits per heavy atom. The minimum absolute atomic E-state index is 0.352. The van der Waals surface area contributed by atoms with Gasteiger partial charge in [-0.2, -0.15) is 0 Å². The zero-order chi connectivity index (χ0) is 12.5. The van der Waals surface area contributed by atoms with Crippen molar-refractivity contribution in [2.24, 2.45) is 5.73 Å². The third kappa shape index (κ3) is 2.76. The van der Waals surface area contributed by atoms with Gasteiger partial charge in [-0.1, -0.05) is 11.6 Å². The van der Waals surface area contributed by atoms with Gasteiger partial charge in [0.15, 0.2) is 0 Å². The molecule has 1 aromatic heterocycles. The molecule has 1 unspecified atom stereocenters. The first-order valence-corrected chi connectivity index (χ1v) is 6.12. The van der Waals surface area contributed by atoms with Crippen LogP contribution in [0.4, 0.5) is 4.39 Å². The van der Waals surface area contributed by atoms with Gasteiger partial charge < -0.3 is 10.8 Å². The van der Waals surface area contributed by atoms with Gasteiger partial charge in [0.1, 0.15) is 6.17 Å². The zero-order valence-corrected chi connectivity index (χ0v) is 10.2. The van der Waals surface area contributed by atoms with Gasteiger partial charge in [-0.05, 0) is 37.8 Å². The Kier molecular flexibility index (Phi) is 3.66. The number of hydrogen-bond donors (Lipinski definition) is 2. The first kappa shape index (κ1) is 12.7. The lowest BCUT2D eigenvalue weighted by atomic mass is 9.78. The molecule has 0 saturated heterocycles. The lowest BCUT2D eigenvalue weighted by Crippen LogP contribution is -2.44. The molecule has 17 heavy (non-hydrogen) atoms. The fraction of sp³-hybridized carbons (Fsp3) is 0.583. The highest BCUT2D eigenvalue weighted by molar-refractivity contribution is 6.30. The highest BCUT2D eigenvalue weighted by Gasteiger charge is 2.39. The molecule has 94 valence electrons. The number of aliphatic hydroxyl groups is 1. The van der Waals surface area contributed by atoms with Crippen LogP contribution in [0.25, 0.3) is 0 Å². The number of halogens is 2. The van der Waals surface area contributed by atoms with Gasteiger partial charge in [-0.25, -0.2) is 4.39 Å². The van der Waals surface area contributed by atoms with E-state index in [-0.39, 0.29) is 0 Å². The maximum atomic E-state index is 13.1. The van der Waals surface area contributed by atoms with Crippen molar-refractivity contribution in [3.63, 3.8) is 0 Å². The lowest BCUT2D eigenvalue weighted by Gasteiger charge is -2.37. The summed E-state index contributed by atoms with van der Waals surface area (Å²) in [7, 11) is 0. The number of nitrogens with two attached hydrogens (primary N) is 1. The number of rotatable bonds is 2. The van der Waals surface area contributed by atoms with E-state index in [0.717, 1.165) is 0 Å². The summed E-state index contributed by atoms with van der Waals surface area (Å²) in [6.45, 7) is 0. The molecule has 1 aliphatic rings. The van der Waals surface area contributed by atoms with Crippen molar-refractivity contribution in [3.05, 3.63) is 29.0 Å². The third-order valence-corrected chi connectivity index (χ3v) is 3.66. The van der Waals surface area contributed by atoms with Crippen molar-refractivity contribution in [2.75, 3.05) is 0 Å². The van der Waals surface area contributed by atoms with Crippen LogP contribution in [-0.2, 0) is 0 Å². The van der Waals surface area contributed by atoms with Crippen LogP contribution in [0.3, 0.4) is 0 Å². The second-order valence-corrected chi connectivity index (χ2v) is 5.09. The third-order valence-electron chi connectivity index (χ3n) is 3.42. The van der Waals surface area contributed by atoms with Crippen LogP contribution in [-0.4, -0.2) is 21.9 Å². The van der Waals surface area contributed by atoms with E-state index in [1.807, 2.05) is 0 Å². The summed E-state index contributed by atoms with van der Waals surface area (Å²) in [6, 6.07) is 2.68. The predicted molar refractivity (Wildman–Crippen MR) is 64.5 cm³/mol. The molecule has 0 aromatic carbocycles. The van der Waals surface area contributed by atoms with Crippen molar-refractivity contribution in [1.29, 1.82) is 0 Å².